The highest BCUT2D eigenvalue weighted by Crippen LogP contribution is 2.44. The van der Waals surface area contributed by atoms with Crippen LogP contribution in [-0.2, 0) is 0 Å². The van der Waals surface area contributed by atoms with Crippen molar-refractivity contribution >= 4 is 17.3 Å². The van der Waals surface area contributed by atoms with Gasteiger partial charge in [0.05, 0.1) is 0 Å². The van der Waals surface area contributed by atoms with Crippen molar-refractivity contribution in [3.8, 4) is 0 Å². The second-order valence-electron chi connectivity index (χ2n) is 7.69. The van der Waals surface area contributed by atoms with Crippen LogP contribution in [0.5, 0.6) is 0 Å². The first-order valence-electron chi connectivity index (χ1n) is 9.09. The molecule has 0 aromatic heterocycles. The van der Waals surface area contributed by atoms with Crippen molar-refractivity contribution in [1.29, 1.82) is 0 Å². The van der Waals surface area contributed by atoms with Crippen LogP contribution in [0.2, 0.25) is 0 Å². The van der Waals surface area contributed by atoms with E-state index in [0.717, 1.165) is 36.1 Å². The summed E-state index contributed by atoms with van der Waals surface area (Å²) in [6, 6.07) is 1.52. The summed E-state index contributed by atoms with van der Waals surface area (Å²) in [7, 11) is 0. The maximum absolute atomic E-state index is 5.70. The van der Waals surface area contributed by atoms with Crippen LogP contribution < -0.4 is 5.32 Å². The lowest BCUT2D eigenvalue weighted by atomic mass is 9.95. The van der Waals surface area contributed by atoms with Crippen LogP contribution in [0.1, 0.15) is 51.4 Å². The summed E-state index contributed by atoms with van der Waals surface area (Å²) >= 11 is 5.70. The normalized spacial score (nSPS) is 37.3. The zero-order valence-corrected chi connectivity index (χ0v) is 13.9. The Morgan fingerprint density at radius 2 is 1.67 bits per heavy atom. The third-order valence-electron chi connectivity index (χ3n) is 6.46. The first-order chi connectivity index (χ1) is 10.3. The summed E-state index contributed by atoms with van der Waals surface area (Å²) in [5, 5.41) is 4.76. The summed E-state index contributed by atoms with van der Waals surface area (Å²) < 4.78 is 0. The third kappa shape index (κ3) is 2.94. The van der Waals surface area contributed by atoms with Gasteiger partial charge in [-0.1, -0.05) is 6.42 Å². The molecule has 0 spiro atoms. The Balaban J connectivity index is 1.25. The van der Waals surface area contributed by atoms with Crippen molar-refractivity contribution in [3.63, 3.8) is 0 Å². The molecule has 4 heteroatoms. The fourth-order valence-electron chi connectivity index (χ4n) is 5.21. The van der Waals surface area contributed by atoms with E-state index in [2.05, 4.69) is 15.1 Å². The fourth-order valence-corrected chi connectivity index (χ4v) is 5.55. The molecule has 0 radical (unpaired) electrons. The number of piperidine rings is 1. The highest BCUT2D eigenvalue weighted by atomic mass is 32.1. The third-order valence-corrected chi connectivity index (χ3v) is 6.83. The molecule has 3 nitrogen and oxygen atoms in total. The highest BCUT2D eigenvalue weighted by molar-refractivity contribution is 7.80. The second-order valence-corrected chi connectivity index (χ2v) is 8.08. The number of likely N-dealkylation sites (tertiary alicyclic amines) is 2. The van der Waals surface area contributed by atoms with E-state index in [9.17, 15) is 0 Å². The molecule has 0 aromatic rings. The summed E-state index contributed by atoms with van der Waals surface area (Å²) in [6.07, 6.45) is 11.1. The van der Waals surface area contributed by atoms with Crippen LogP contribution in [-0.4, -0.2) is 53.2 Å². The number of hydrogen-bond donors (Lipinski definition) is 1. The Bertz CT molecular complexity index is 385. The minimum Gasteiger partial charge on any atom is -0.360 e. The number of thiocarbonyl (C=S) groups is 1. The summed E-state index contributed by atoms with van der Waals surface area (Å²) in [5.41, 5.74) is 0. The number of fused-ring (bicyclic) bond motifs is 2. The quantitative estimate of drug-likeness (QED) is 0.790. The zero-order chi connectivity index (χ0) is 14.2. The minimum atomic E-state index is 0.688. The average molecular weight is 308 g/mol. The Morgan fingerprint density at radius 1 is 0.905 bits per heavy atom. The first-order valence-corrected chi connectivity index (χ1v) is 9.50. The SMILES string of the molecule is S=C(N[C@H]1C[C@H]2CC[C@H]1C2)N1CCC(N2CCCC2)CC1. The lowest BCUT2D eigenvalue weighted by Crippen LogP contribution is -2.51. The van der Waals surface area contributed by atoms with Gasteiger partial charge in [0.25, 0.3) is 0 Å². The molecule has 21 heavy (non-hydrogen) atoms. The standard InChI is InChI=1S/C17H29N3S/c21-17(18-16-12-13-3-4-14(16)11-13)20-9-5-15(6-10-20)19-7-1-2-8-19/h13-16H,1-12H2,(H,18,21)/t13-,14-,16-/m0/s1. The lowest BCUT2D eigenvalue weighted by Gasteiger charge is -2.39. The Hall–Kier alpha value is -0.350. The van der Waals surface area contributed by atoms with Crippen LogP contribution in [0.4, 0.5) is 0 Å². The highest BCUT2D eigenvalue weighted by Gasteiger charge is 2.40. The van der Waals surface area contributed by atoms with Gasteiger partial charge in [-0.05, 0) is 82.1 Å². The predicted molar refractivity (Wildman–Crippen MR) is 90.4 cm³/mol. The predicted octanol–water partition coefficient (Wildman–Crippen LogP) is 2.61. The summed E-state index contributed by atoms with van der Waals surface area (Å²) in [6.45, 7) is 4.98. The molecule has 0 unspecified atom stereocenters. The lowest BCUT2D eigenvalue weighted by molar-refractivity contribution is 0.162. The van der Waals surface area contributed by atoms with Crippen LogP contribution in [0.3, 0.4) is 0 Å². The molecule has 2 aliphatic carbocycles. The van der Waals surface area contributed by atoms with Crippen LogP contribution in [0.25, 0.3) is 0 Å². The summed E-state index contributed by atoms with van der Waals surface area (Å²) in [4.78, 5) is 5.15. The molecule has 4 rings (SSSR count). The Kier molecular flexibility index (Phi) is 4.10. The van der Waals surface area contributed by atoms with E-state index in [0.29, 0.717) is 6.04 Å². The summed E-state index contributed by atoms with van der Waals surface area (Å²) in [5.74, 6) is 1.91. The number of hydrogen-bond acceptors (Lipinski definition) is 2. The van der Waals surface area contributed by atoms with Gasteiger partial charge in [-0.15, -0.1) is 0 Å². The molecule has 2 aliphatic heterocycles. The van der Waals surface area contributed by atoms with Crippen LogP contribution in [0, 0.1) is 11.8 Å². The van der Waals surface area contributed by atoms with Crippen LogP contribution >= 0.6 is 12.2 Å². The first kappa shape index (κ1) is 14.3. The molecule has 0 amide bonds. The van der Waals surface area contributed by atoms with Gasteiger partial charge in [-0.25, -0.2) is 0 Å². The van der Waals surface area contributed by atoms with Gasteiger partial charge in [0, 0.05) is 25.2 Å². The average Bonchev–Trinajstić information content (AvgIpc) is 3.25. The molecular formula is C17H29N3S. The number of rotatable bonds is 2. The molecule has 0 aromatic carbocycles. The molecule has 2 bridgehead atoms. The van der Waals surface area contributed by atoms with Gasteiger partial charge in [0.2, 0.25) is 0 Å². The van der Waals surface area contributed by atoms with Crippen molar-refractivity contribution < 1.29 is 0 Å². The molecular weight excluding hydrogens is 278 g/mol. The molecule has 4 aliphatic rings. The van der Waals surface area contributed by atoms with Gasteiger partial charge >= 0.3 is 0 Å². The second kappa shape index (κ2) is 6.04. The van der Waals surface area contributed by atoms with E-state index in [4.69, 9.17) is 12.2 Å². The largest absolute Gasteiger partial charge is 0.360 e. The topological polar surface area (TPSA) is 18.5 Å². The van der Waals surface area contributed by atoms with Crippen molar-refractivity contribution in [2.24, 2.45) is 11.8 Å². The molecule has 4 fully saturated rings. The Labute approximate surface area is 134 Å². The van der Waals surface area contributed by atoms with E-state index in [1.807, 2.05) is 0 Å². The van der Waals surface area contributed by atoms with E-state index in [1.165, 1.54) is 64.5 Å². The van der Waals surface area contributed by atoms with Crippen molar-refractivity contribution in [1.82, 2.24) is 15.1 Å². The van der Waals surface area contributed by atoms with Crippen LogP contribution in [0.15, 0.2) is 0 Å². The maximum Gasteiger partial charge on any atom is 0.169 e. The molecule has 2 saturated heterocycles. The zero-order valence-electron chi connectivity index (χ0n) is 13.1. The van der Waals surface area contributed by atoms with E-state index in [1.54, 1.807) is 0 Å². The smallest absolute Gasteiger partial charge is 0.169 e. The van der Waals surface area contributed by atoms with Gasteiger partial charge in [0.1, 0.15) is 0 Å². The van der Waals surface area contributed by atoms with Crippen molar-refractivity contribution in [2.45, 2.75) is 63.5 Å². The van der Waals surface area contributed by atoms with Gasteiger partial charge in [-0.3, -0.25) is 0 Å². The fraction of sp³-hybridized carbons (Fsp3) is 0.941. The minimum absolute atomic E-state index is 0.688. The molecule has 118 valence electrons. The van der Waals surface area contributed by atoms with Crippen molar-refractivity contribution in [2.75, 3.05) is 26.2 Å². The van der Waals surface area contributed by atoms with E-state index < -0.39 is 0 Å². The van der Waals surface area contributed by atoms with Gasteiger partial charge in [-0.2, -0.15) is 0 Å². The van der Waals surface area contributed by atoms with Crippen molar-refractivity contribution in [3.05, 3.63) is 0 Å². The van der Waals surface area contributed by atoms with E-state index in [-0.39, 0.29) is 0 Å². The molecule has 2 saturated carbocycles. The number of nitrogens with one attached hydrogen (secondary N) is 1. The molecule has 3 atom stereocenters. The van der Waals surface area contributed by atoms with E-state index >= 15 is 0 Å². The monoisotopic (exact) mass is 307 g/mol. The Morgan fingerprint density at radius 3 is 2.29 bits per heavy atom. The molecule has 2 heterocycles. The molecule has 1 N–H and O–H groups in total. The number of nitrogens with zero attached hydrogens (tertiary/aromatic N) is 2. The van der Waals surface area contributed by atoms with Gasteiger partial charge < -0.3 is 15.1 Å². The van der Waals surface area contributed by atoms with Gasteiger partial charge in [0.15, 0.2) is 5.11 Å². The maximum atomic E-state index is 5.70.